The molecule has 0 aromatic heterocycles. The van der Waals surface area contributed by atoms with Crippen molar-refractivity contribution in [3.63, 3.8) is 0 Å². The summed E-state index contributed by atoms with van der Waals surface area (Å²) in [5.74, 6) is 1.77. The van der Waals surface area contributed by atoms with Crippen LogP contribution in [0, 0.1) is 0 Å². The largest absolute Gasteiger partial charge is 0.492 e. The maximum Gasteiger partial charge on any atom is 0.120 e. The number of ether oxygens (including phenoxy) is 2. The lowest BCUT2D eigenvalue weighted by Gasteiger charge is -2.15. The first-order valence-corrected chi connectivity index (χ1v) is 9.43. The van der Waals surface area contributed by atoms with Crippen LogP contribution in [0.4, 0.5) is 0 Å². The summed E-state index contributed by atoms with van der Waals surface area (Å²) < 4.78 is 11.8. The van der Waals surface area contributed by atoms with Gasteiger partial charge in [-0.15, -0.1) is 0 Å². The lowest BCUT2D eigenvalue weighted by atomic mass is 10.1. The minimum Gasteiger partial charge on any atom is -0.492 e. The van der Waals surface area contributed by atoms with Crippen molar-refractivity contribution < 1.29 is 9.47 Å². The highest BCUT2D eigenvalue weighted by Crippen LogP contribution is 2.22. The Hall–Kier alpha value is -2.52. The van der Waals surface area contributed by atoms with E-state index in [9.17, 15) is 0 Å². The third-order valence-corrected chi connectivity index (χ3v) is 4.97. The van der Waals surface area contributed by atoms with Crippen molar-refractivity contribution in [3.8, 4) is 11.5 Å². The summed E-state index contributed by atoms with van der Waals surface area (Å²) in [4.78, 5) is 2.46. The number of rotatable bonds is 7. The summed E-state index contributed by atoms with van der Waals surface area (Å²) in [7, 11) is 0. The molecule has 0 radical (unpaired) electrons. The van der Waals surface area contributed by atoms with Gasteiger partial charge in [0, 0.05) is 6.54 Å². The lowest BCUT2D eigenvalue weighted by molar-refractivity contribution is 0.237. The molecule has 0 atom stereocenters. The molecule has 1 aliphatic rings. The highest BCUT2D eigenvalue weighted by atomic mass is 16.5. The molecule has 0 aliphatic carbocycles. The van der Waals surface area contributed by atoms with E-state index in [1.165, 1.54) is 42.3 Å². The van der Waals surface area contributed by atoms with E-state index in [2.05, 4.69) is 47.4 Å². The Balaban J connectivity index is 1.31. The van der Waals surface area contributed by atoms with Gasteiger partial charge in [-0.25, -0.2) is 0 Å². The molecule has 0 amide bonds. The summed E-state index contributed by atoms with van der Waals surface area (Å²) in [6, 6.07) is 22.7. The van der Waals surface area contributed by atoms with E-state index >= 15 is 0 Å². The van der Waals surface area contributed by atoms with Crippen LogP contribution in [0.2, 0.25) is 0 Å². The topological polar surface area (TPSA) is 21.7 Å². The zero-order valence-electron chi connectivity index (χ0n) is 15.1. The van der Waals surface area contributed by atoms with E-state index in [1.807, 2.05) is 24.3 Å². The standard InChI is InChI=1S/C23H25NO2/c1-2-9-23-19(6-1)7-5-8-20(23)18-26-22-12-10-21(11-13-22)25-17-16-24-14-3-4-15-24/h1-2,5-13H,3-4,14-18H2. The number of hydrogen-bond acceptors (Lipinski definition) is 3. The third kappa shape index (κ3) is 4.17. The highest BCUT2D eigenvalue weighted by Gasteiger charge is 2.10. The fourth-order valence-corrected chi connectivity index (χ4v) is 3.51. The third-order valence-electron chi connectivity index (χ3n) is 4.97. The van der Waals surface area contributed by atoms with Gasteiger partial charge in [0.1, 0.15) is 24.7 Å². The molecule has 0 N–H and O–H groups in total. The summed E-state index contributed by atoms with van der Waals surface area (Å²) in [5, 5.41) is 2.49. The Labute approximate surface area is 155 Å². The van der Waals surface area contributed by atoms with Gasteiger partial charge >= 0.3 is 0 Å². The normalized spacial score (nSPS) is 14.6. The van der Waals surface area contributed by atoms with Gasteiger partial charge in [0.25, 0.3) is 0 Å². The van der Waals surface area contributed by atoms with Crippen LogP contribution in [0.15, 0.2) is 66.7 Å². The second-order valence-corrected chi connectivity index (χ2v) is 6.80. The van der Waals surface area contributed by atoms with E-state index in [0.29, 0.717) is 6.61 Å². The lowest BCUT2D eigenvalue weighted by Crippen LogP contribution is -2.25. The van der Waals surface area contributed by atoms with Crippen molar-refractivity contribution in [2.45, 2.75) is 19.4 Å². The van der Waals surface area contributed by atoms with Crippen LogP contribution in [0.5, 0.6) is 11.5 Å². The first kappa shape index (κ1) is 16.9. The number of benzene rings is 3. The molecule has 1 saturated heterocycles. The van der Waals surface area contributed by atoms with Crippen molar-refractivity contribution in [1.82, 2.24) is 4.90 Å². The molecular weight excluding hydrogens is 322 g/mol. The molecule has 26 heavy (non-hydrogen) atoms. The summed E-state index contributed by atoms with van der Waals surface area (Å²) >= 11 is 0. The van der Waals surface area contributed by atoms with Crippen molar-refractivity contribution in [3.05, 3.63) is 72.3 Å². The molecule has 0 spiro atoms. The van der Waals surface area contributed by atoms with E-state index < -0.39 is 0 Å². The molecule has 134 valence electrons. The van der Waals surface area contributed by atoms with Crippen molar-refractivity contribution in [1.29, 1.82) is 0 Å². The average Bonchev–Trinajstić information content (AvgIpc) is 3.21. The Morgan fingerprint density at radius 3 is 2.23 bits per heavy atom. The number of nitrogens with zero attached hydrogens (tertiary/aromatic N) is 1. The van der Waals surface area contributed by atoms with Gasteiger partial charge in [0.2, 0.25) is 0 Å². The van der Waals surface area contributed by atoms with Crippen LogP contribution in [-0.4, -0.2) is 31.1 Å². The van der Waals surface area contributed by atoms with Crippen LogP contribution in [0.3, 0.4) is 0 Å². The van der Waals surface area contributed by atoms with Crippen molar-refractivity contribution in [2.24, 2.45) is 0 Å². The number of hydrogen-bond donors (Lipinski definition) is 0. The van der Waals surface area contributed by atoms with Crippen LogP contribution < -0.4 is 9.47 Å². The molecule has 0 saturated carbocycles. The minimum atomic E-state index is 0.566. The van der Waals surface area contributed by atoms with Crippen molar-refractivity contribution in [2.75, 3.05) is 26.2 Å². The highest BCUT2D eigenvalue weighted by molar-refractivity contribution is 5.85. The van der Waals surface area contributed by atoms with Crippen LogP contribution in [0.1, 0.15) is 18.4 Å². The predicted molar refractivity (Wildman–Crippen MR) is 106 cm³/mol. The Morgan fingerprint density at radius 1 is 0.731 bits per heavy atom. The number of fused-ring (bicyclic) bond motifs is 1. The monoisotopic (exact) mass is 347 g/mol. The maximum absolute atomic E-state index is 5.98. The Bertz CT molecular complexity index is 833. The molecule has 3 aromatic rings. The molecule has 3 nitrogen and oxygen atoms in total. The summed E-state index contributed by atoms with van der Waals surface area (Å²) in [6.45, 7) is 4.75. The molecule has 1 aliphatic heterocycles. The van der Waals surface area contributed by atoms with Gasteiger partial charge in [-0.1, -0.05) is 42.5 Å². The zero-order chi connectivity index (χ0) is 17.6. The molecule has 1 heterocycles. The SMILES string of the molecule is c1ccc2c(COc3ccc(OCCN4CCCC4)cc3)cccc2c1. The van der Waals surface area contributed by atoms with Crippen LogP contribution >= 0.6 is 0 Å². The van der Waals surface area contributed by atoms with E-state index in [-0.39, 0.29) is 0 Å². The first-order valence-electron chi connectivity index (χ1n) is 9.43. The fourth-order valence-electron chi connectivity index (χ4n) is 3.51. The van der Waals surface area contributed by atoms with E-state index in [4.69, 9.17) is 9.47 Å². The molecule has 0 unspecified atom stereocenters. The maximum atomic E-state index is 5.98. The molecule has 1 fully saturated rings. The van der Waals surface area contributed by atoms with Gasteiger partial charge in [0.05, 0.1) is 0 Å². The quantitative estimate of drug-likeness (QED) is 0.607. The van der Waals surface area contributed by atoms with E-state index in [1.54, 1.807) is 0 Å². The second-order valence-electron chi connectivity index (χ2n) is 6.80. The first-order chi connectivity index (χ1) is 12.9. The van der Waals surface area contributed by atoms with Crippen LogP contribution in [-0.2, 0) is 6.61 Å². The molecule has 3 aromatic carbocycles. The van der Waals surface area contributed by atoms with Gasteiger partial charge in [-0.3, -0.25) is 4.90 Å². The molecule has 4 rings (SSSR count). The molecular formula is C23H25NO2. The minimum absolute atomic E-state index is 0.566. The van der Waals surface area contributed by atoms with Crippen LogP contribution in [0.25, 0.3) is 10.8 Å². The fraction of sp³-hybridized carbons (Fsp3) is 0.304. The van der Waals surface area contributed by atoms with Crippen molar-refractivity contribution >= 4 is 10.8 Å². The Morgan fingerprint density at radius 2 is 1.42 bits per heavy atom. The van der Waals surface area contributed by atoms with Gasteiger partial charge < -0.3 is 9.47 Å². The van der Waals surface area contributed by atoms with Gasteiger partial charge in [0.15, 0.2) is 0 Å². The zero-order valence-corrected chi connectivity index (χ0v) is 15.1. The molecule has 0 bridgehead atoms. The molecule has 3 heteroatoms. The summed E-state index contributed by atoms with van der Waals surface area (Å²) in [6.07, 6.45) is 2.64. The van der Waals surface area contributed by atoms with Gasteiger partial charge in [-0.2, -0.15) is 0 Å². The number of likely N-dealkylation sites (tertiary alicyclic amines) is 1. The Kier molecular flexibility index (Phi) is 5.36. The predicted octanol–water partition coefficient (Wildman–Crippen LogP) is 4.89. The summed E-state index contributed by atoms with van der Waals surface area (Å²) in [5.41, 5.74) is 1.20. The van der Waals surface area contributed by atoms with Gasteiger partial charge in [-0.05, 0) is 66.5 Å². The smallest absolute Gasteiger partial charge is 0.120 e. The second kappa shape index (κ2) is 8.24. The average molecular weight is 347 g/mol. The van der Waals surface area contributed by atoms with E-state index in [0.717, 1.165) is 24.7 Å².